The maximum atomic E-state index is 5.98. The lowest BCUT2D eigenvalue weighted by Gasteiger charge is -2.18. The van der Waals surface area contributed by atoms with Gasteiger partial charge in [0.25, 0.3) is 0 Å². The first-order chi connectivity index (χ1) is 13.7. The van der Waals surface area contributed by atoms with Crippen molar-refractivity contribution in [3.63, 3.8) is 0 Å². The van der Waals surface area contributed by atoms with E-state index < -0.39 is 0 Å². The molecule has 0 radical (unpaired) electrons. The van der Waals surface area contributed by atoms with Crippen LogP contribution in [0.2, 0.25) is 0 Å². The van der Waals surface area contributed by atoms with Gasteiger partial charge in [-0.15, -0.1) is 0 Å². The van der Waals surface area contributed by atoms with Crippen molar-refractivity contribution in [3.8, 4) is 17.2 Å². The summed E-state index contributed by atoms with van der Waals surface area (Å²) in [6.45, 7) is 3.35. The summed E-state index contributed by atoms with van der Waals surface area (Å²) in [6, 6.07) is 26.0. The van der Waals surface area contributed by atoms with Crippen LogP contribution in [0.1, 0.15) is 12.5 Å². The van der Waals surface area contributed by atoms with E-state index in [0.29, 0.717) is 13.2 Å². The second-order valence-electron chi connectivity index (χ2n) is 6.57. The van der Waals surface area contributed by atoms with Gasteiger partial charge in [-0.1, -0.05) is 48.5 Å². The molecule has 0 saturated carbocycles. The standard InChI is InChI=1S/C24H27NO3/c1-19(28-24-14-7-6-13-23(24)26-2)18-25-21-11-8-12-22(17-21)27-16-15-20-9-4-3-5-10-20/h3-14,17,19,25H,15-16,18H2,1-2H3. The topological polar surface area (TPSA) is 39.7 Å². The van der Waals surface area contributed by atoms with Gasteiger partial charge in [0.2, 0.25) is 0 Å². The quantitative estimate of drug-likeness (QED) is 0.527. The highest BCUT2D eigenvalue weighted by Crippen LogP contribution is 2.27. The fourth-order valence-electron chi connectivity index (χ4n) is 2.86. The van der Waals surface area contributed by atoms with E-state index in [2.05, 4.69) is 17.4 Å². The molecule has 0 amide bonds. The van der Waals surface area contributed by atoms with Crippen LogP contribution in [0.5, 0.6) is 17.2 Å². The molecule has 3 rings (SSSR count). The number of para-hydroxylation sites is 2. The Morgan fingerprint density at radius 3 is 2.39 bits per heavy atom. The van der Waals surface area contributed by atoms with Gasteiger partial charge in [-0.3, -0.25) is 0 Å². The lowest BCUT2D eigenvalue weighted by atomic mass is 10.2. The number of ether oxygens (including phenoxy) is 3. The zero-order chi connectivity index (χ0) is 19.6. The number of methoxy groups -OCH3 is 1. The Morgan fingerprint density at radius 1 is 0.857 bits per heavy atom. The molecule has 0 spiro atoms. The van der Waals surface area contributed by atoms with Gasteiger partial charge in [0, 0.05) is 18.2 Å². The van der Waals surface area contributed by atoms with Crippen molar-refractivity contribution < 1.29 is 14.2 Å². The summed E-state index contributed by atoms with van der Waals surface area (Å²) < 4.78 is 17.2. The highest BCUT2D eigenvalue weighted by atomic mass is 16.5. The smallest absolute Gasteiger partial charge is 0.161 e. The van der Waals surface area contributed by atoms with Crippen LogP contribution in [-0.2, 0) is 6.42 Å². The van der Waals surface area contributed by atoms with Crippen LogP contribution in [0.4, 0.5) is 5.69 Å². The van der Waals surface area contributed by atoms with Crippen molar-refractivity contribution in [1.29, 1.82) is 0 Å². The van der Waals surface area contributed by atoms with Crippen LogP contribution in [0.15, 0.2) is 78.9 Å². The summed E-state index contributed by atoms with van der Waals surface area (Å²) in [5.74, 6) is 2.35. The summed E-state index contributed by atoms with van der Waals surface area (Å²) in [4.78, 5) is 0. The normalized spacial score (nSPS) is 11.5. The van der Waals surface area contributed by atoms with Gasteiger partial charge >= 0.3 is 0 Å². The average Bonchev–Trinajstić information content (AvgIpc) is 2.74. The predicted octanol–water partition coefficient (Wildman–Crippen LogP) is 5.20. The molecular weight excluding hydrogens is 350 g/mol. The minimum Gasteiger partial charge on any atom is -0.493 e. The van der Waals surface area contributed by atoms with Gasteiger partial charge in [-0.25, -0.2) is 0 Å². The second kappa shape index (κ2) is 10.3. The molecule has 0 aliphatic heterocycles. The van der Waals surface area contributed by atoms with E-state index >= 15 is 0 Å². The van der Waals surface area contributed by atoms with E-state index in [9.17, 15) is 0 Å². The first-order valence-corrected chi connectivity index (χ1v) is 9.55. The Hall–Kier alpha value is -3.14. The molecule has 146 valence electrons. The van der Waals surface area contributed by atoms with Gasteiger partial charge < -0.3 is 19.5 Å². The third kappa shape index (κ3) is 5.95. The molecule has 4 heteroatoms. The number of hydrogen-bond acceptors (Lipinski definition) is 4. The Labute approximate surface area is 167 Å². The Morgan fingerprint density at radius 2 is 1.61 bits per heavy atom. The first kappa shape index (κ1) is 19.6. The Balaban J connectivity index is 1.47. The molecule has 0 bridgehead atoms. The van der Waals surface area contributed by atoms with Crippen molar-refractivity contribution >= 4 is 5.69 Å². The molecule has 0 aliphatic rings. The molecule has 1 unspecified atom stereocenters. The minimum absolute atomic E-state index is 0.0149. The lowest BCUT2D eigenvalue weighted by Crippen LogP contribution is -2.22. The maximum absolute atomic E-state index is 5.98. The van der Waals surface area contributed by atoms with Crippen molar-refractivity contribution in [2.24, 2.45) is 0 Å². The highest BCUT2D eigenvalue weighted by Gasteiger charge is 2.08. The predicted molar refractivity (Wildman–Crippen MR) is 114 cm³/mol. The molecular formula is C24H27NO3. The molecule has 0 saturated heterocycles. The number of rotatable bonds is 10. The van der Waals surface area contributed by atoms with E-state index in [1.807, 2.05) is 73.7 Å². The van der Waals surface area contributed by atoms with Gasteiger partial charge in [0.1, 0.15) is 11.9 Å². The summed E-state index contributed by atoms with van der Waals surface area (Å²) in [5, 5.41) is 3.40. The minimum atomic E-state index is -0.0149. The van der Waals surface area contributed by atoms with Gasteiger partial charge in [-0.05, 0) is 36.8 Å². The molecule has 4 nitrogen and oxygen atoms in total. The number of benzene rings is 3. The van der Waals surface area contributed by atoms with E-state index in [-0.39, 0.29) is 6.10 Å². The molecule has 0 aliphatic carbocycles. The van der Waals surface area contributed by atoms with Crippen molar-refractivity contribution in [2.75, 3.05) is 25.6 Å². The van der Waals surface area contributed by atoms with Gasteiger partial charge in [0.05, 0.1) is 20.3 Å². The molecule has 1 N–H and O–H groups in total. The summed E-state index contributed by atoms with van der Waals surface area (Å²) in [7, 11) is 1.65. The lowest BCUT2D eigenvalue weighted by molar-refractivity contribution is 0.223. The van der Waals surface area contributed by atoms with Gasteiger partial charge in [0.15, 0.2) is 11.5 Å². The third-order valence-corrected chi connectivity index (χ3v) is 4.33. The second-order valence-corrected chi connectivity index (χ2v) is 6.57. The van der Waals surface area contributed by atoms with Crippen LogP contribution in [-0.4, -0.2) is 26.4 Å². The fourth-order valence-corrected chi connectivity index (χ4v) is 2.86. The Bertz CT molecular complexity index is 851. The summed E-state index contributed by atoms with van der Waals surface area (Å²) >= 11 is 0. The fraction of sp³-hybridized carbons (Fsp3) is 0.250. The molecule has 0 aromatic heterocycles. The average molecular weight is 377 g/mol. The molecule has 0 fully saturated rings. The Kier molecular flexibility index (Phi) is 7.19. The molecule has 0 heterocycles. The maximum Gasteiger partial charge on any atom is 0.161 e. The van der Waals surface area contributed by atoms with E-state index in [0.717, 1.165) is 29.4 Å². The van der Waals surface area contributed by atoms with E-state index in [4.69, 9.17) is 14.2 Å². The van der Waals surface area contributed by atoms with Crippen LogP contribution in [0.25, 0.3) is 0 Å². The number of hydrogen-bond donors (Lipinski definition) is 1. The van der Waals surface area contributed by atoms with Crippen molar-refractivity contribution in [2.45, 2.75) is 19.4 Å². The van der Waals surface area contributed by atoms with Crippen LogP contribution >= 0.6 is 0 Å². The van der Waals surface area contributed by atoms with Gasteiger partial charge in [-0.2, -0.15) is 0 Å². The van der Waals surface area contributed by atoms with Crippen molar-refractivity contribution in [3.05, 3.63) is 84.4 Å². The van der Waals surface area contributed by atoms with Crippen LogP contribution in [0, 0.1) is 0 Å². The van der Waals surface area contributed by atoms with Crippen LogP contribution in [0.3, 0.4) is 0 Å². The largest absolute Gasteiger partial charge is 0.493 e. The highest BCUT2D eigenvalue weighted by molar-refractivity contribution is 5.48. The zero-order valence-corrected chi connectivity index (χ0v) is 16.4. The van der Waals surface area contributed by atoms with Crippen LogP contribution < -0.4 is 19.5 Å². The molecule has 3 aromatic rings. The summed E-state index contributed by atoms with van der Waals surface area (Å²) in [5.41, 5.74) is 2.28. The first-order valence-electron chi connectivity index (χ1n) is 9.55. The molecule has 1 atom stereocenters. The van der Waals surface area contributed by atoms with Crippen molar-refractivity contribution in [1.82, 2.24) is 0 Å². The third-order valence-electron chi connectivity index (χ3n) is 4.33. The van der Waals surface area contributed by atoms with E-state index in [1.54, 1.807) is 7.11 Å². The van der Waals surface area contributed by atoms with E-state index in [1.165, 1.54) is 5.56 Å². The monoisotopic (exact) mass is 377 g/mol. The zero-order valence-electron chi connectivity index (χ0n) is 16.4. The molecule has 3 aromatic carbocycles. The number of anilines is 1. The number of nitrogens with one attached hydrogen (secondary N) is 1. The molecule has 28 heavy (non-hydrogen) atoms. The SMILES string of the molecule is COc1ccccc1OC(C)CNc1cccc(OCCc2ccccc2)c1. The summed E-state index contributed by atoms with van der Waals surface area (Å²) in [6.07, 6.45) is 0.876.